The Morgan fingerprint density at radius 2 is 2.11 bits per heavy atom. The lowest BCUT2D eigenvalue weighted by atomic mass is 10.1. The second kappa shape index (κ2) is 6.80. The molecule has 0 bridgehead atoms. The first kappa shape index (κ1) is 14.2. The minimum atomic E-state index is -0.129. The van der Waals surface area contributed by atoms with Crippen LogP contribution in [0, 0.1) is 0 Å². The predicted octanol–water partition coefficient (Wildman–Crippen LogP) is 1.34. The number of aliphatic hydroxyl groups excluding tert-OH is 1. The first-order valence-electron chi connectivity index (χ1n) is 6.76. The van der Waals surface area contributed by atoms with Crippen molar-refractivity contribution in [1.29, 1.82) is 0 Å². The van der Waals surface area contributed by atoms with Gasteiger partial charge < -0.3 is 9.84 Å². The van der Waals surface area contributed by atoms with Crippen molar-refractivity contribution in [3.05, 3.63) is 35.9 Å². The largest absolute Gasteiger partial charge is 0.394 e. The maximum atomic E-state index is 12.0. The van der Waals surface area contributed by atoms with Gasteiger partial charge in [0.1, 0.15) is 0 Å². The van der Waals surface area contributed by atoms with Gasteiger partial charge in [-0.15, -0.1) is 0 Å². The third-order valence-corrected chi connectivity index (χ3v) is 3.36. The average Bonchev–Trinajstić information content (AvgIpc) is 2.45. The normalized spacial score (nSPS) is 24.3. The van der Waals surface area contributed by atoms with Gasteiger partial charge in [0.05, 0.1) is 18.8 Å². The van der Waals surface area contributed by atoms with Crippen LogP contribution >= 0.6 is 0 Å². The van der Waals surface area contributed by atoms with Crippen molar-refractivity contribution in [2.45, 2.75) is 25.6 Å². The van der Waals surface area contributed by atoms with Gasteiger partial charge in [0.25, 0.3) is 0 Å². The molecule has 1 aromatic rings. The highest BCUT2D eigenvalue weighted by molar-refractivity contribution is 5.96. The Hall–Kier alpha value is -1.23. The molecule has 4 heteroatoms. The third kappa shape index (κ3) is 4.13. The van der Waals surface area contributed by atoms with Crippen molar-refractivity contribution in [3.63, 3.8) is 0 Å². The molecular formula is C15H21NO3. The fraction of sp³-hybridized carbons (Fsp3) is 0.533. The zero-order valence-electron chi connectivity index (χ0n) is 11.3. The Kier molecular flexibility index (Phi) is 5.07. The average molecular weight is 263 g/mol. The molecule has 1 fully saturated rings. The molecule has 1 aromatic carbocycles. The van der Waals surface area contributed by atoms with E-state index in [1.54, 1.807) is 0 Å². The summed E-state index contributed by atoms with van der Waals surface area (Å²) in [5, 5.41) is 9.16. The van der Waals surface area contributed by atoms with Gasteiger partial charge in [0.15, 0.2) is 5.78 Å². The summed E-state index contributed by atoms with van der Waals surface area (Å²) in [5.41, 5.74) is 0.766. The Labute approximate surface area is 114 Å². The smallest absolute Gasteiger partial charge is 0.164 e. The lowest BCUT2D eigenvalue weighted by Crippen LogP contribution is -2.48. The third-order valence-electron chi connectivity index (χ3n) is 3.36. The number of hydrogen-bond acceptors (Lipinski definition) is 4. The molecule has 1 aliphatic rings. The number of benzene rings is 1. The first-order chi connectivity index (χ1) is 9.19. The van der Waals surface area contributed by atoms with Crippen LogP contribution in [0.25, 0.3) is 0 Å². The number of rotatable bonds is 5. The Balaban J connectivity index is 1.83. The summed E-state index contributed by atoms with van der Waals surface area (Å²) in [6, 6.07) is 9.37. The van der Waals surface area contributed by atoms with Crippen LogP contribution in [0.5, 0.6) is 0 Å². The van der Waals surface area contributed by atoms with Crippen LogP contribution in [0.3, 0.4) is 0 Å². The molecule has 1 aliphatic heterocycles. The summed E-state index contributed by atoms with van der Waals surface area (Å²) < 4.78 is 5.58. The fourth-order valence-corrected chi connectivity index (χ4v) is 2.45. The van der Waals surface area contributed by atoms with Crippen LogP contribution in [0.15, 0.2) is 30.3 Å². The quantitative estimate of drug-likeness (QED) is 0.815. The number of Topliss-reactive ketones (excluding diaryl/α,β-unsaturated/α-hetero) is 1. The maximum Gasteiger partial charge on any atom is 0.164 e. The van der Waals surface area contributed by atoms with Crippen molar-refractivity contribution in [2.75, 3.05) is 26.2 Å². The van der Waals surface area contributed by atoms with E-state index in [9.17, 15) is 4.79 Å². The number of ether oxygens (including phenoxy) is 1. The molecule has 2 unspecified atom stereocenters. The lowest BCUT2D eigenvalue weighted by molar-refractivity contribution is -0.0947. The number of nitrogens with zero attached hydrogens (tertiary/aromatic N) is 1. The standard InChI is InChI=1S/C15H21NO3/c1-12-9-16(10-14(11-17)19-12)8-7-15(18)13-5-3-2-4-6-13/h2-6,12,14,17H,7-11H2,1H3. The molecule has 1 N–H and O–H groups in total. The van der Waals surface area contributed by atoms with Crippen molar-refractivity contribution >= 4 is 5.78 Å². The lowest BCUT2D eigenvalue weighted by Gasteiger charge is -2.35. The Bertz CT molecular complexity index is 407. The molecule has 2 rings (SSSR count). The molecule has 0 aromatic heterocycles. The van der Waals surface area contributed by atoms with Gasteiger partial charge in [-0.3, -0.25) is 9.69 Å². The van der Waals surface area contributed by atoms with E-state index in [1.807, 2.05) is 37.3 Å². The molecule has 1 heterocycles. The van der Waals surface area contributed by atoms with Gasteiger partial charge in [-0.25, -0.2) is 0 Å². The summed E-state index contributed by atoms with van der Waals surface area (Å²) in [6.45, 7) is 4.26. The molecule has 1 saturated heterocycles. The van der Waals surface area contributed by atoms with Gasteiger partial charge in [-0.1, -0.05) is 30.3 Å². The summed E-state index contributed by atoms with van der Waals surface area (Å²) >= 11 is 0. The van der Waals surface area contributed by atoms with E-state index in [0.29, 0.717) is 13.0 Å². The predicted molar refractivity (Wildman–Crippen MR) is 73.3 cm³/mol. The van der Waals surface area contributed by atoms with Crippen molar-refractivity contribution in [1.82, 2.24) is 4.90 Å². The van der Waals surface area contributed by atoms with Crippen molar-refractivity contribution in [2.24, 2.45) is 0 Å². The number of carbonyl (C=O) groups excluding carboxylic acids is 1. The number of morpholine rings is 1. The summed E-state index contributed by atoms with van der Waals surface area (Å²) in [6.07, 6.45) is 0.489. The highest BCUT2D eigenvalue weighted by atomic mass is 16.5. The van der Waals surface area contributed by atoms with Gasteiger partial charge in [0.2, 0.25) is 0 Å². The number of aliphatic hydroxyl groups is 1. The molecule has 104 valence electrons. The number of ketones is 1. The zero-order valence-corrected chi connectivity index (χ0v) is 11.3. The molecule has 2 atom stereocenters. The van der Waals surface area contributed by atoms with Gasteiger partial charge in [-0.05, 0) is 6.92 Å². The Morgan fingerprint density at radius 3 is 2.79 bits per heavy atom. The molecule has 0 radical (unpaired) electrons. The molecule has 0 spiro atoms. The second-order valence-corrected chi connectivity index (χ2v) is 5.05. The van der Waals surface area contributed by atoms with Crippen molar-refractivity contribution in [3.8, 4) is 0 Å². The minimum absolute atomic E-state index is 0.0352. The summed E-state index contributed by atoms with van der Waals surface area (Å²) in [4.78, 5) is 14.2. The first-order valence-corrected chi connectivity index (χ1v) is 6.76. The van der Waals surface area contributed by atoms with E-state index in [1.165, 1.54) is 0 Å². The van der Waals surface area contributed by atoms with E-state index in [2.05, 4.69) is 4.90 Å². The highest BCUT2D eigenvalue weighted by Crippen LogP contribution is 2.12. The molecule has 19 heavy (non-hydrogen) atoms. The molecule has 0 aliphatic carbocycles. The monoisotopic (exact) mass is 263 g/mol. The van der Waals surface area contributed by atoms with Crippen LogP contribution in [-0.4, -0.2) is 54.2 Å². The van der Waals surface area contributed by atoms with E-state index < -0.39 is 0 Å². The van der Waals surface area contributed by atoms with Crippen LogP contribution < -0.4 is 0 Å². The molecule has 0 saturated carbocycles. The summed E-state index contributed by atoms with van der Waals surface area (Å²) in [7, 11) is 0. The SMILES string of the molecule is CC1CN(CCC(=O)c2ccccc2)CC(CO)O1. The highest BCUT2D eigenvalue weighted by Gasteiger charge is 2.24. The summed E-state index contributed by atoms with van der Waals surface area (Å²) in [5.74, 6) is 0.167. The molecular weight excluding hydrogens is 242 g/mol. The van der Waals surface area contributed by atoms with Crippen LogP contribution in [0.4, 0.5) is 0 Å². The minimum Gasteiger partial charge on any atom is -0.394 e. The van der Waals surface area contributed by atoms with E-state index >= 15 is 0 Å². The van der Waals surface area contributed by atoms with Crippen molar-refractivity contribution < 1.29 is 14.6 Å². The van der Waals surface area contributed by atoms with E-state index in [-0.39, 0.29) is 24.6 Å². The fourth-order valence-electron chi connectivity index (χ4n) is 2.45. The van der Waals surface area contributed by atoms with E-state index in [0.717, 1.165) is 18.7 Å². The maximum absolute atomic E-state index is 12.0. The van der Waals surface area contributed by atoms with E-state index in [4.69, 9.17) is 9.84 Å². The molecule has 0 amide bonds. The number of carbonyl (C=O) groups is 1. The number of hydrogen-bond donors (Lipinski definition) is 1. The van der Waals surface area contributed by atoms with Gasteiger partial charge in [-0.2, -0.15) is 0 Å². The van der Waals surface area contributed by atoms with Gasteiger partial charge >= 0.3 is 0 Å². The van der Waals surface area contributed by atoms with Crippen LogP contribution in [-0.2, 0) is 4.74 Å². The topological polar surface area (TPSA) is 49.8 Å². The zero-order chi connectivity index (χ0) is 13.7. The molecule has 4 nitrogen and oxygen atoms in total. The second-order valence-electron chi connectivity index (χ2n) is 5.05. The van der Waals surface area contributed by atoms with Crippen LogP contribution in [0.1, 0.15) is 23.7 Å². The van der Waals surface area contributed by atoms with Crippen LogP contribution in [0.2, 0.25) is 0 Å². The Morgan fingerprint density at radius 1 is 1.37 bits per heavy atom. The van der Waals surface area contributed by atoms with Gasteiger partial charge in [0, 0.05) is 31.6 Å².